The van der Waals surface area contributed by atoms with E-state index in [1.807, 2.05) is 11.8 Å². The van der Waals surface area contributed by atoms with Gasteiger partial charge in [0, 0.05) is 12.4 Å². The maximum absolute atomic E-state index is 5.17. The molecule has 0 aromatic heterocycles. The third-order valence-corrected chi connectivity index (χ3v) is 1.98. The highest BCUT2D eigenvalue weighted by Crippen LogP contribution is 2.05. The van der Waals surface area contributed by atoms with Crippen LogP contribution in [0.4, 0.5) is 0 Å². The van der Waals surface area contributed by atoms with Crippen molar-refractivity contribution in [2.75, 3.05) is 24.7 Å². The highest BCUT2D eigenvalue weighted by Gasteiger charge is 1.95. The summed E-state index contributed by atoms with van der Waals surface area (Å²) >= 11 is 1.99. The second-order valence-corrected chi connectivity index (χ2v) is 2.80. The third kappa shape index (κ3) is 2.19. The van der Waals surface area contributed by atoms with Crippen LogP contribution in [0.15, 0.2) is 0 Å². The molecule has 1 fully saturated rings. The second kappa shape index (κ2) is 3.33. The van der Waals surface area contributed by atoms with Gasteiger partial charge in [-0.25, -0.2) is 0 Å². The van der Waals surface area contributed by atoms with Gasteiger partial charge in [0.25, 0.3) is 0 Å². The molecule has 0 unspecified atom stereocenters. The van der Waals surface area contributed by atoms with Crippen LogP contribution in [-0.2, 0) is 4.74 Å². The van der Waals surface area contributed by atoms with E-state index >= 15 is 0 Å². The molecule has 7 heavy (non-hydrogen) atoms. The molecule has 1 saturated heterocycles. The first kappa shape index (κ1) is 5.45. The van der Waals surface area contributed by atoms with E-state index in [0.717, 1.165) is 13.2 Å². The summed E-state index contributed by atoms with van der Waals surface area (Å²) in [6, 6.07) is 0. The molecule has 0 amide bonds. The van der Waals surface area contributed by atoms with Gasteiger partial charge in [0.15, 0.2) is 0 Å². The second-order valence-electron chi connectivity index (χ2n) is 1.58. The molecule has 0 N–H and O–H groups in total. The minimum absolute atomic E-state index is 0.963. The molecule has 0 aromatic rings. The lowest BCUT2D eigenvalue weighted by atomic mass is 10.5. The fraction of sp³-hybridized carbons (Fsp3) is 1.00. The van der Waals surface area contributed by atoms with E-state index in [0.29, 0.717) is 0 Å². The van der Waals surface area contributed by atoms with Crippen molar-refractivity contribution in [3.8, 4) is 0 Å². The summed E-state index contributed by atoms with van der Waals surface area (Å²) in [6.07, 6.45) is 1.24. The Morgan fingerprint density at radius 2 is 2.14 bits per heavy atom. The van der Waals surface area contributed by atoms with Crippen LogP contribution in [0.25, 0.3) is 0 Å². The first-order chi connectivity index (χ1) is 3.50. The molecular weight excluding hydrogens is 108 g/mol. The van der Waals surface area contributed by atoms with Gasteiger partial charge in [-0.05, 0) is 12.2 Å². The average Bonchev–Trinajstić information content (AvgIpc) is 1.90. The average molecular weight is 118 g/mol. The van der Waals surface area contributed by atoms with E-state index in [9.17, 15) is 0 Å². The van der Waals surface area contributed by atoms with Gasteiger partial charge in [-0.15, -0.1) is 0 Å². The zero-order chi connectivity index (χ0) is 4.95. The Bertz CT molecular complexity index is 27.7. The molecule has 0 atom stereocenters. The van der Waals surface area contributed by atoms with E-state index in [1.165, 1.54) is 17.9 Å². The van der Waals surface area contributed by atoms with Crippen LogP contribution in [0.1, 0.15) is 6.42 Å². The van der Waals surface area contributed by atoms with Gasteiger partial charge in [0.1, 0.15) is 0 Å². The fourth-order valence-corrected chi connectivity index (χ4v) is 1.35. The summed E-state index contributed by atoms with van der Waals surface area (Å²) < 4.78 is 5.17. The standard InChI is InChI=1S/C5H10OS/c1-2-6-3-5-7-4-1/h1-5H2. The Labute approximate surface area is 48.4 Å². The third-order valence-electron chi connectivity index (χ3n) is 0.949. The molecule has 0 radical (unpaired) electrons. The first-order valence-corrected chi connectivity index (χ1v) is 3.81. The molecule has 1 nitrogen and oxygen atoms in total. The van der Waals surface area contributed by atoms with Crippen LogP contribution < -0.4 is 0 Å². The van der Waals surface area contributed by atoms with Crippen molar-refractivity contribution in [1.82, 2.24) is 0 Å². The van der Waals surface area contributed by atoms with Crippen LogP contribution in [0.2, 0.25) is 0 Å². The van der Waals surface area contributed by atoms with E-state index in [-0.39, 0.29) is 0 Å². The molecule has 1 rings (SSSR count). The molecule has 1 aliphatic rings. The van der Waals surface area contributed by atoms with Crippen molar-refractivity contribution < 1.29 is 4.74 Å². The van der Waals surface area contributed by atoms with Gasteiger partial charge in [-0.1, -0.05) is 0 Å². The highest BCUT2D eigenvalue weighted by molar-refractivity contribution is 7.99. The number of hydrogen-bond acceptors (Lipinski definition) is 2. The molecule has 2 heteroatoms. The Kier molecular flexibility index (Phi) is 2.59. The molecule has 0 bridgehead atoms. The van der Waals surface area contributed by atoms with Crippen LogP contribution in [0, 0.1) is 0 Å². The van der Waals surface area contributed by atoms with Gasteiger partial charge in [-0.3, -0.25) is 0 Å². The van der Waals surface area contributed by atoms with Crippen molar-refractivity contribution in [2.24, 2.45) is 0 Å². The van der Waals surface area contributed by atoms with Crippen LogP contribution in [0.5, 0.6) is 0 Å². The van der Waals surface area contributed by atoms with Gasteiger partial charge >= 0.3 is 0 Å². The SMILES string of the molecule is C1COCCSC1. The lowest BCUT2D eigenvalue weighted by Gasteiger charge is -1.90. The van der Waals surface area contributed by atoms with Gasteiger partial charge in [0.05, 0.1) is 6.61 Å². The number of hydrogen-bond donors (Lipinski definition) is 0. The van der Waals surface area contributed by atoms with Crippen molar-refractivity contribution in [3.05, 3.63) is 0 Å². The summed E-state index contributed by atoms with van der Waals surface area (Å²) in [7, 11) is 0. The maximum Gasteiger partial charge on any atom is 0.0556 e. The lowest BCUT2D eigenvalue weighted by molar-refractivity contribution is 0.155. The summed E-state index contributed by atoms with van der Waals surface area (Å²) in [6.45, 7) is 1.94. The molecule has 0 aliphatic carbocycles. The molecule has 0 aromatic carbocycles. The molecule has 42 valence electrons. The van der Waals surface area contributed by atoms with E-state index in [4.69, 9.17) is 4.74 Å². The summed E-state index contributed by atoms with van der Waals surface area (Å²) in [5.74, 6) is 2.49. The fourth-order valence-electron chi connectivity index (χ4n) is 0.585. The largest absolute Gasteiger partial charge is 0.381 e. The lowest BCUT2D eigenvalue weighted by Crippen LogP contribution is -1.92. The predicted molar refractivity (Wildman–Crippen MR) is 32.8 cm³/mol. The zero-order valence-electron chi connectivity index (χ0n) is 4.35. The van der Waals surface area contributed by atoms with Crippen molar-refractivity contribution in [2.45, 2.75) is 6.42 Å². The van der Waals surface area contributed by atoms with Gasteiger partial charge < -0.3 is 4.74 Å². The van der Waals surface area contributed by atoms with Crippen molar-refractivity contribution in [3.63, 3.8) is 0 Å². The summed E-state index contributed by atoms with van der Waals surface area (Å²) in [5, 5.41) is 0. The molecule has 1 heterocycles. The topological polar surface area (TPSA) is 9.23 Å². The van der Waals surface area contributed by atoms with Crippen molar-refractivity contribution in [1.29, 1.82) is 0 Å². The summed E-state index contributed by atoms with van der Waals surface area (Å²) in [4.78, 5) is 0. The quantitative estimate of drug-likeness (QED) is 0.471. The Balaban J connectivity index is 2.04. The van der Waals surface area contributed by atoms with E-state index in [2.05, 4.69) is 0 Å². The predicted octanol–water partition coefficient (Wildman–Crippen LogP) is 1.14. The minimum atomic E-state index is 0.963. The Morgan fingerprint density at radius 3 is 3.14 bits per heavy atom. The normalized spacial score (nSPS) is 24.0. The van der Waals surface area contributed by atoms with E-state index in [1.54, 1.807) is 0 Å². The summed E-state index contributed by atoms with van der Waals surface area (Å²) in [5.41, 5.74) is 0. The number of ether oxygens (including phenoxy) is 1. The molecular formula is C5H10OS. The minimum Gasteiger partial charge on any atom is -0.381 e. The molecule has 1 aliphatic heterocycles. The van der Waals surface area contributed by atoms with Crippen molar-refractivity contribution >= 4 is 11.8 Å². The van der Waals surface area contributed by atoms with Gasteiger partial charge in [-0.2, -0.15) is 11.8 Å². The molecule has 0 spiro atoms. The van der Waals surface area contributed by atoms with E-state index < -0.39 is 0 Å². The maximum atomic E-state index is 5.17. The Hall–Kier alpha value is 0.310. The van der Waals surface area contributed by atoms with Crippen LogP contribution >= 0.6 is 11.8 Å². The zero-order valence-corrected chi connectivity index (χ0v) is 5.17. The van der Waals surface area contributed by atoms with Gasteiger partial charge in [0.2, 0.25) is 0 Å². The Morgan fingerprint density at radius 1 is 1.14 bits per heavy atom. The van der Waals surface area contributed by atoms with Crippen LogP contribution in [-0.4, -0.2) is 24.7 Å². The number of rotatable bonds is 0. The monoisotopic (exact) mass is 118 g/mol. The number of thioether (sulfide) groups is 1. The van der Waals surface area contributed by atoms with Crippen LogP contribution in [0.3, 0.4) is 0 Å². The molecule has 0 saturated carbocycles. The highest BCUT2D eigenvalue weighted by atomic mass is 32.2. The smallest absolute Gasteiger partial charge is 0.0556 e. The first-order valence-electron chi connectivity index (χ1n) is 2.65.